The summed E-state index contributed by atoms with van der Waals surface area (Å²) in [5.74, 6) is 0. The Labute approximate surface area is 120 Å². The maximum atomic E-state index is 4.61. The van der Waals surface area contributed by atoms with E-state index in [-0.39, 0.29) is 0 Å². The molecule has 1 N–H and O–H groups in total. The molecule has 2 aromatic heterocycles. The second-order valence-corrected chi connectivity index (χ2v) is 5.60. The number of nitrogens with zero attached hydrogens (tertiary/aromatic N) is 2. The van der Waals surface area contributed by atoms with Crippen LogP contribution in [0.25, 0.3) is 0 Å². The molecule has 0 saturated carbocycles. The fraction of sp³-hybridized carbons (Fsp3) is 0.412. The van der Waals surface area contributed by atoms with Crippen molar-refractivity contribution in [3.05, 3.63) is 59.2 Å². The summed E-state index contributed by atoms with van der Waals surface area (Å²) in [6, 6.07) is 8.90. The summed E-state index contributed by atoms with van der Waals surface area (Å²) in [5.41, 5.74) is 4.97. The van der Waals surface area contributed by atoms with Crippen LogP contribution in [0.4, 0.5) is 0 Å². The second-order valence-electron chi connectivity index (χ2n) is 5.60. The zero-order valence-corrected chi connectivity index (χ0v) is 12.1. The van der Waals surface area contributed by atoms with Gasteiger partial charge in [0.25, 0.3) is 0 Å². The normalized spacial score (nSPS) is 22.7. The SMILES string of the molecule is Cc1ccnc([C@H]2CCC[C@@H](c3ccccn3)N2)c1C. The van der Waals surface area contributed by atoms with Gasteiger partial charge >= 0.3 is 0 Å². The molecular formula is C17H21N3. The van der Waals surface area contributed by atoms with Crippen LogP contribution in [0.5, 0.6) is 0 Å². The molecule has 0 spiro atoms. The zero-order chi connectivity index (χ0) is 13.9. The van der Waals surface area contributed by atoms with E-state index < -0.39 is 0 Å². The molecule has 0 aromatic carbocycles. The van der Waals surface area contributed by atoms with Crippen molar-refractivity contribution in [3.8, 4) is 0 Å². The van der Waals surface area contributed by atoms with E-state index in [1.807, 2.05) is 18.5 Å². The second kappa shape index (κ2) is 5.71. The third-order valence-corrected chi connectivity index (χ3v) is 4.28. The van der Waals surface area contributed by atoms with Crippen molar-refractivity contribution in [3.63, 3.8) is 0 Å². The van der Waals surface area contributed by atoms with Gasteiger partial charge in [-0.15, -0.1) is 0 Å². The molecule has 1 aliphatic heterocycles. The predicted molar refractivity (Wildman–Crippen MR) is 80.4 cm³/mol. The Morgan fingerprint density at radius 3 is 2.65 bits per heavy atom. The molecule has 0 radical (unpaired) electrons. The quantitative estimate of drug-likeness (QED) is 0.902. The Hall–Kier alpha value is -1.74. The minimum absolute atomic E-state index is 0.343. The van der Waals surface area contributed by atoms with Gasteiger partial charge in [0.2, 0.25) is 0 Å². The summed E-state index contributed by atoms with van der Waals surface area (Å²) in [7, 11) is 0. The van der Waals surface area contributed by atoms with Gasteiger partial charge in [0, 0.05) is 18.4 Å². The lowest BCUT2D eigenvalue weighted by Crippen LogP contribution is -2.32. The molecule has 1 saturated heterocycles. The van der Waals surface area contributed by atoms with Crippen LogP contribution in [-0.4, -0.2) is 9.97 Å². The number of aryl methyl sites for hydroxylation is 1. The lowest BCUT2D eigenvalue weighted by Gasteiger charge is -2.31. The highest BCUT2D eigenvalue weighted by atomic mass is 15.0. The molecule has 3 nitrogen and oxygen atoms in total. The number of nitrogens with one attached hydrogen (secondary N) is 1. The highest BCUT2D eigenvalue weighted by Crippen LogP contribution is 2.32. The number of hydrogen-bond donors (Lipinski definition) is 1. The van der Waals surface area contributed by atoms with Gasteiger partial charge in [-0.1, -0.05) is 6.07 Å². The molecule has 1 aliphatic rings. The number of pyridine rings is 2. The van der Waals surface area contributed by atoms with Gasteiger partial charge in [-0.05, 0) is 62.4 Å². The third kappa shape index (κ3) is 2.59. The predicted octanol–water partition coefficient (Wildman–Crippen LogP) is 3.65. The first-order valence-corrected chi connectivity index (χ1v) is 7.35. The highest BCUT2D eigenvalue weighted by molar-refractivity contribution is 5.30. The Morgan fingerprint density at radius 2 is 1.85 bits per heavy atom. The molecule has 2 aromatic rings. The number of hydrogen-bond acceptors (Lipinski definition) is 3. The summed E-state index contributed by atoms with van der Waals surface area (Å²) in [4.78, 5) is 9.10. The maximum Gasteiger partial charge on any atom is 0.0605 e. The van der Waals surface area contributed by atoms with Crippen molar-refractivity contribution in [2.45, 2.75) is 45.2 Å². The van der Waals surface area contributed by atoms with Gasteiger partial charge in [0.15, 0.2) is 0 Å². The lowest BCUT2D eigenvalue weighted by atomic mass is 9.92. The summed E-state index contributed by atoms with van der Waals surface area (Å²) in [6.07, 6.45) is 7.31. The fourth-order valence-electron chi connectivity index (χ4n) is 2.97. The zero-order valence-electron chi connectivity index (χ0n) is 12.1. The molecule has 0 amide bonds. The molecule has 0 aliphatic carbocycles. The summed E-state index contributed by atoms with van der Waals surface area (Å²) in [5, 5.41) is 3.73. The monoisotopic (exact) mass is 267 g/mol. The van der Waals surface area contributed by atoms with Gasteiger partial charge in [-0.25, -0.2) is 0 Å². The van der Waals surface area contributed by atoms with E-state index >= 15 is 0 Å². The standard InChI is InChI=1S/C17H21N3/c1-12-9-11-19-17(13(12)2)16-8-5-7-15(20-16)14-6-3-4-10-18-14/h3-4,6,9-11,15-16,20H,5,7-8H2,1-2H3/t15-,16+/m0/s1. The van der Waals surface area contributed by atoms with Crippen LogP contribution in [0.15, 0.2) is 36.7 Å². The Bertz CT molecular complexity index is 580. The molecule has 3 heteroatoms. The molecule has 0 unspecified atom stereocenters. The van der Waals surface area contributed by atoms with Crippen molar-refractivity contribution >= 4 is 0 Å². The van der Waals surface area contributed by atoms with E-state index in [2.05, 4.69) is 47.3 Å². The van der Waals surface area contributed by atoms with Crippen LogP contribution in [0.3, 0.4) is 0 Å². The van der Waals surface area contributed by atoms with E-state index in [0.29, 0.717) is 12.1 Å². The van der Waals surface area contributed by atoms with Gasteiger partial charge < -0.3 is 5.32 Å². The first-order chi connectivity index (χ1) is 9.75. The van der Waals surface area contributed by atoms with Crippen molar-refractivity contribution in [2.24, 2.45) is 0 Å². The van der Waals surface area contributed by atoms with Crippen molar-refractivity contribution in [1.82, 2.24) is 15.3 Å². The molecule has 1 fully saturated rings. The first kappa shape index (κ1) is 13.3. The van der Waals surface area contributed by atoms with Crippen LogP contribution in [0, 0.1) is 13.8 Å². The van der Waals surface area contributed by atoms with Gasteiger partial charge in [0.05, 0.1) is 17.4 Å². The van der Waals surface area contributed by atoms with Gasteiger partial charge in [-0.3, -0.25) is 9.97 Å². The highest BCUT2D eigenvalue weighted by Gasteiger charge is 2.26. The third-order valence-electron chi connectivity index (χ3n) is 4.28. The molecule has 20 heavy (non-hydrogen) atoms. The fourth-order valence-corrected chi connectivity index (χ4v) is 2.97. The van der Waals surface area contributed by atoms with E-state index in [9.17, 15) is 0 Å². The van der Waals surface area contributed by atoms with E-state index in [4.69, 9.17) is 0 Å². The van der Waals surface area contributed by atoms with Crippen LogP contribution in [0.1, 0.15) is 53.9 Å². The van der Waals surface area contributed by atoms with Crippen LogP contribution in [-0.2, 0) is 0 Å². The van der Waals surface area contributed by atoms with E-state index in [0.717, 1.165) is 18.5 Å². The number of aromatic nitrogens is 2. The summed E-state index contributed by atoms with van der Waals surface area (Å²) < 4.78 is 0. The topological polar surface area (TPSA) is 37.8 Å². The number of rotatable bonds is 2. The Balaban J connectivity index is 1.83. The average Bonchev–Trinajstić information content (AvgIpc) is 2.51. The lowest BCUT2D eigenvalue weighted by molar-refractivity contribution is 0.320. The minimum atomic E-state index is 0.343. The molecule has 104 valence electrons. The molecule has 3 heterocycles. The van der Waals surface area contributed by atoms with Crippen molar-refractivity contribution < 1.29 is 0 Å². The summed E-state index contributed by atoms with van der Waals surface area (Å²) >= 11 is 0. The molecule has 3 rings (SSSR count). The molecular weight excluding hydrogens is 246 g/mol. The summed E-state index contributed by atoms with van der Waals surface area (Å²) in [6.45, 7) is 4.32. The first-order valence-electron chi connectivity index (χ1n) is 7.35. The smallest absolute Gasteiger partial charge is 0.0605 e. The minimum Gasteiger partial charge on any atom is -0.300 e. The Morgan fingerprint density at radius 1 is 1.00 bits per heavy atom. The molecule has 2 atom stereocenters. The average molecular weight is 267 g/mol. The Kier molecular flexibility index (Phi) is 3.79. The van der Waals surface area contributed by atoms with Gasteiger partial charge in [0.1, 0.15) is 0 Å². The van der Waals surface area contributed by atoms with Crippen LogP contribution < -0.4 is 5.32 Å². The van der Waals surface area contributed by atoms with E-state index in [1.54, 1.807) is 0 Å². The maximum absolute atomic E-state index is 4.61. The largest absolute Gasteiger partial charge is 0.300 e. The van der Waals surface area contributed by atoms with Crippen molar-refractivity contribution in [2.75, 3.05) is 0 Å². The van der Waals surface area contributed by atoms with E-state index in [1.165, 1.54) is 23.2 Å². The van der Waals surface area contributed by atoms with Gasteiger partial charge in [-0.2, -0.15) is 0 Å². The van der Waals surface area contributed by atoms with Crippen LogP contribution in [0.2, 0.25) is 0 Å². The van der Waals surface area contributed by atoms with Crippen LogP contribution >= 0.6 is 0 Å². The number of piperidine rings is 1. The van der Waals surface area contributed by atoms with Crippen molar-refractivity contribution in [1.29, 1.82) is 0 Å². The molecule has 0 bridgehead atoms.